The molecule has 4 nitrogen and oxygen atoms in total. The monoisotopic (exact) mass is 694 g/mol. The molecule has 0 saturated heterocycles. The van der Waals surface area contributed by atoms with E-state index in [0.717, 1.165) is 0 Å². The van der Waals surface area contributed by atoms with Gasteiger partial charge in [0.2, 0.25) is 11.6 Å². The van der Waals surface area contributed by atoms with E-state index in [4.69, 9.17) is 0 Å². The lowest BCUT2D eigenvalue weighted by Gasteiger charge is -2.42. The van der Waals surface area contributed by atoms with Crippen molar-refractivity contribution in [3.05, 3.63) is 0 Å². The van der Waals surface area contributed by atoms with Crippen LogP contribution in [0.4, 0.5) is 61.5 Å². The largest absolute Gasteiger partial charge is 0.460 e. The van der Waals surface area contributed by atoms with Gasteiger partial charge in [-0.3, -0.25) is 19.2 Å². The molecule has 0 radical (unpaired) electrons. The number of hydrogen-bond acceptors (Lipinski definition) is 4. The fraction of sp³-hybridized carbons (Fsp3) is 0.857. The normalized spacial score (nSPS) is 34.5. The lowest BCUT2D eigenvalue weighted by atomic mass is 9.60. The number of ketones is 4. The highest BCUT2D eigenvalue weighted by Crippen LogP contribution is 2.73. The number of alkyl halides is 14. The van der Waals surface area contributed by atoms with E-state index in [1.807, 2.05) is 0 Å². The molecule has 4 aliphatic carbocycles. The molecule has 18 heteroatoms. The van der Waals surface area contributed by atoms with Gasteiger partial charge in [-0.15, -0.1) is 0 Å². The minimum Gasteiger partial charge on any atom is -0.298 e. The van der Waals surface area contributed by atoms with E-state index in [1.165, 1.54) is 27.7 Å². The molecule has 4 aliphatic rings. The second-order valence-corrected chi connectivity index (χ2v) is 14.1. The van der Waals surface area contributed by atoms with Crippen molar-refractivity contribution in [3.8, 4) is 0 Å². The van der Waals surface area contributed by atoms with Crippen LogP contribution in [0.15, 0.2) is 0 Å². The average Bonchev–Trinajstić information content (AvgIpc) is 3.42. The maximum absolute atomic E-state index is 14.5. The van der Waals surface area contributed by atoms with Gasteiger partial charge in [-0.25, -0.2) is 0 Å². The zero-order chi connectivity index (χ0) is 35.9. The number of Topliss-reactive ketones (excluding diaryl/α,β-unsaturated/α-hetero) is 4. The molecule has 0 amide bonds. The van der Waals surface area contributed by atoms with Gasteiger partial charge in [0.15, 0.2) is 11.6 Å². The lowest BCUT2D eigenvalue weighted by Crippen LogP contribution is -2.59. The summed E-state index contributed by atoms with van der Waals surface area (Å²) in [5, 5.41) is 0. The number of hydrogen-bond donors (Lipinski definition) is 0. The summed E-state index contributed by atoms with van der Waals surface area (Å²) < 4.78 is 190. The summed E-state index contributed by atoms with van der Waals surface area (Å²) in [6.45, 7) is 5.11. The molecule has 0 aromatic heterocycles. The topological polar surface area (TPSA) is 68.3 Å². The van der Waals surface area contributed by atoms with Crippen LogP contribution in [0.1, 0.15) is 66.2 Å². The zero-order valence-corrected chi connectivity index (χ0v) is 24.5. The number of carbonyl (C=O) groups excluding carboxylic acids is 4. The molecule has 0 N–H and O–H groups in total. The van der Waals surface area contributed by atoms with Crippen LogP contribution >= 0.6 is 0 Å². The molecular formula is C28H28F14O4. The van der Waals surface area contributed by atoms with E-state index < -0.39 is 117 Å². The van der Waals surface area contributed by atoms with Gasteiger partial charge < -0.3 is 0 Å². The number of rotatable bonds is 9. The van der Waals surface area contributed by atoms with Crippen LogP contribution in [-0.2, 0) is 19.2 Å². The smallest absolute Gasteiger partial charge is 0.298 e. The Hall–Kier alpha value is -2.30. The summed E-state index contributed by atoms with van der Waals surface area (Å²) in [6.07, 6.45) is -15.8. The first-order chi connectivity index (χ1) is 20.3. The molecule has 0 spiro atoms. The minimum atomic E-state index is -6.86. The Morgan fingerprint density at radius 1 is 0.565 bits per heavy atom. The van der Waals surface area contributed by atoms with E-state index in [0.29, 0.717) is 0 Å². The third kappa shape index (κ3) is 4.04. The van der Waals surface area contributed by atoms with Crippen LogP contribution < -0.4 is 0 Å². The van der Waals surface area contributed by atoms with Gasteiger partial charge in [0.1, 0.15) is 0 Å². The van der Waals surface area contributed by atoms with Crippen molar-refractivity contribution >= 4 is 23.1 Å². The van der Waals surface area contributed by atoms with E-state index >= 15 is 0 Å². The molecule has 4 saturated carbocycles. The van der Waals surface area contributed by atoms with Crippen LogP contribution in [0.25, 0.3) is 0 Å². The van der Waals surface area contributed by atoms with Crippen molar-refractivity contribution in [1.82, 2.24) is 0 Å². The first-order valence-electron chi connectivity index (χ1n) is 14.1. The molecular weight excluding hydrogens is 666 g/mol. The summed E-state index contributed by atoms with van der Waals surface area (Å²) in [4.78, 5) is 52.5. The molecule has 4 rings (SSSR count). The Bertz CT molecular complexity index is 1260. The Morgan fingerprint density at radius 3 is 1.07 bits per heavy atom. The van der Waals surface area contributed by atoms with Crippen molar-refractivity contribution in [3.63, 3.8) is 0 Å². The lowest BCUT2D eigenvalue weighted by molar-refractivity contribution is -0.344. The van der Waals surface area contributed by atoms with Crippen LogP contribution in [0.2, 0.25) is 0 Å². The predicted molar refractivity (Wildman–Crippen MR) is 126 cm³/mol. The highest BCUT2D eigenvalue weighted by atomic mass is 19.4. The van der Waals surface area contributed by atoms with Gasteiger partial charge in [0, 0.05) is 10.8 Å². The maximum Gasteiger partial charge on any atom is 0.460 e. The van der Waals surface area contributed by atoms with Crippen molar-refractivity contribution in [2.75, 3.05) is 0 Å². The summed E-state index contributed by atoms with van der Waals surface area (Å²) >= 11 is 0. The van der Waals surface area contributed by atoms with Gasteiger partial charge in [0.05, 0.1) is 11.8 Å². The molecule has 0 aromatic rings. The summed E-state index contributed by atoms with van der Waals surface area (Å²) in [6, 6.07) is 0. The fourth-order valence-electron chi connectivity index (χ4n) is 9.12. The first-order valence-corrected chi connectivity index (χ1v) is 14.1. The van der Waals surface area contributed by atoms with Gasteiger partial charge in [-0.2, -0.15) is 61.5 Å². The van der Waals surface area contributed by atoms with Crippen LogP contribution in [-0.4, -0.2) is 59.2 Å². The van der Waals surface area contributed by atoms with Crippen molar-refractivity contribution in [1.29, 1.82) is 0 Å². The highest BCUT2D eigenvalue weighted by Gasteiger charge is 2.82. The van der Waals surface area contributed by atoms with E-state index in [1.54, 1.807) is 0 Å². The third-order valence-electron chi connectivity index (χ3n) is 12.1. The Balaban J connectivity index is 1.68. The van der Waals surface area contributed by atoms with Gasteiger partial charge in [-0.05, 0) is 61.2 Å². The first kappa shape index (κ1) is 36.5. The van der Waals surface area contributed by atoms with Gasteiger partial charge >= 0.3 is 36.0 Å². The highest BCUT2D eigenvalue weighted by molar-refractivity contribution is 6.12. The Labute approximate surface area is 252 Å². The van der Waals surface area contributed by atoms with E-state index in [9.17, 15) is 80.6 Å². The second-order valence-electron chi connectivity index (χ2n) is 14.1. The second kappa shape index (κ2) is 9.65. The maximum atomic E-state index is 14.5. The molecule has 4 bridgehead atoms. The van der Waals surface area contributed by atoms with Crippen molar-refractivity contribution < 1.29 is 80.6 Å². The fourth-order valence-corrected chi connectivity index (χ4v) is 9.12. The van der Waals surface area contributed by atoms with Gasteiger partial charge in [-0.1, -0.05) is 27.7 Å². The Kier molecular flexibility index (Phi) is 7.67. The van der Waals surface area contributed by atoms with Gasteiger partial charge in [0.25, 0.3) is 0 Å². The zero-order valence-electron chi connectivity index (χ0n) is 24.5. The molecule has 0 heterocycles. The molecule has 0 aromatic carbocycles. The minimum absolute atomic E-state index is 0.207. The summed E-state index contributed by atoms with van der Waals surface area (Å²) in [7, 11) is 0. The quantitative estimate of drug-likeness (QED) is 0.183. The SMILES string of the molecule is CC1(C)C2CCC1(CCC13CCC(C(C(=O)C(F)(F)C(F)(F)C(F)(F)F)C1=O)C3(C)C)C(=O)C2C(=O)C(F)(F)C(F)(F)C(F)(F)F. The predicted octanol–water partition coefficient (Wildman–Crippen LogP) is 7.81. The van der Waals surface area contributed by atoms with Crippen LogP contribution in [0, 0.1) is 45.3 Å². The number of fused-ring (bicyclic) bond motifs is 4. The van der Waals surface area contributed by atoms with Crippen molar-refractivity contribution in [2.45, 2.75) is 102 Å². The van der Waals surface area contributed by atoms with E-state index in [2.05, 4.69) is 0 Å². The van der Waals surface area contributed by atoms with Crippen LogP contribution in [0.3, 0.4) is 0 Å². The molecule has 4 fully saturated rings. The molecule has 6 unspecified atom stereocenters. The molecule has 6 atom stereocenters. The van der Waals surface area contributed by atoms with Crippen LogP contribution in [0.5, 0.6) is 0 Å². The molecule has 262 valence electrons. The standard InChI is InChI=1S/C28H28F14O4/c1-19(2)11-5-7-21(19,15(43)13(11)17(45)23(29,30)25(33,34)27(37,38)39)9-10-22-8-6-12(20(22,3)4)14(16(22)44)18(46)24(31,32)26(35,36)28(40,41)42/h11-14H,5-10H2,1-4H3. The van der Waals surface area contributed by atoms with E-state index in [-0.39, 0.29) is 25.7 Å². The number of carbonyl (C=O) groups is 4. The van der Waals surface area contributed by atoms with Crippen molar-refractivity contribution in [2.24, 2.45) is 45.3 Å². The number of halogens is 14. The summed E-state index contributed by atoms with van der Waals surface area (Å²) in [5.41, 5.74) is -6.82. The average molecular weight is 695 g/mol. The third-order valence-corrected chi connectivity index (χ3v) is 12.1. The summed E-state index contributed by atoms with van der Waals surface area (Å²) in [5.74, 6) is -43.1. The Morgan fingerprint density at radius 2 is 0.826 bits per heavy atom. The molecule has 0 aliphatic heterocycles. The molecule has 46 heavy (non-hydrogen) atoms.